The highest BCUT2D eigenvalue weighted by Gasteiger charge is 2.48. The van der Waals surface area contributed by atoms with Crippen LogP contribution in [-0.4, -0.2) is 52.0 Å². The molecule has 0 saturated heterocycles. The normalized spacial score (nSPS) is 22.9. The van der Waals surface area contributed by atoms with Gasteiger partial charge in [0.25, 0.3) is 0 Å². The molecule has 1 atom stereocenters. The number of aryl methyl sites for hydroxylation is 2. The van der Waals surface area contributed by atoms with Crippen LogP contribution < -0.4 is 10.5 Å². The number of aliphatic imine (C=N–C) groups is 1. The third-order valence-corrected chi connectivity index (χ3v) is 7.43. The molecule has 1 saturated carbocycles. The second kappa shape index (κ2) is 11.8. The number of aromatic nitrogens is 1. The van der Waals surface area contributed by atoms with E-state index in [4.69, 9.17) is 15.2 Å². The van der Waals surface area contributed by atoms with Gasteiger partial charge in [0.05, 0.1) is 18.4 Å². The van der Waals surface area contributed by atoms with Crippen LogP contribution in [0.25, 0.3) is 0 Å². The largest absolute Gasteiger partial charge is 0.512 e. The van der Waals surface area contributed by atoms with Crippen molar-refractivity contribution < 1.29 is 19.4 Å². The summed E-state index contributed by atoms with van der Waals surface area (Å²) in [5, 5.41) is 17.1. The maximum atomic E-state index is 13.3. The Kier molecular flexibility index (Phi) is 8.51. The van der Waals surface area contributed by atoms with E-state index in [1.54, 1.807) is 17.4 Å². The number of carbonyl (C=O) groups excluding carboxylic acids is 1. The second-order valence-electron chi connectivity index (χ2n) is 10.1. The fourth-order valence-corrected chi connectivity index (χ4v) is 5.56. The van der Waals surface area contributed by atoms with Gasteiger partial charge in [0.2, 0.25) is 0 Å². The van der Waals surface area contributed by atoms with E-state index in [0.717, 1.165) is 54.7 Å². The highest BCUT2D eigenvalue weighted by molar-refractivity contribution is 5.97. The number of amidine groups is 1. The van der Waals surface area contributed by atoms with Crippen LogP contribution in [0.4, 0.5) is 0 Å². The fourth-order valence-electron chi connectivity index (χ4n) is 5.56. The minimum absolute atomic E-state index is 0.0250. The molecule has 3 N–H and O–H groups in total. The van der Waals surface area contributed by atoms with Crippen LogP contribution in [-0.2, 0) is 22.4 Å². The number of nitrogens with zero attached hydrogens (tertiary/aromatic N) is 4. The van der Waals surface area contributed by atoms with Crippen molar-refractivity contribution in [2.45, 2.75) is 84.2 Å². The average Bonchev–Trinajstić information content (AvgIpc) is 3.42. The van der Waals surface area contributed by atoms with Crippen molar-refractivity contribution in [2.24, 2.45) is 21.7 Å². The highest BCUT2D eigenvalue weighted by Crippen LogP contribution is 2.46. The number of hydrazone groups is 1. The number of hydrogen-bond acceptors (Lipinski definition) is 8. The number of cyclic esters (lactones) is 1. The molecule has 9 heteroatoms. The molecule has 0 bridgehead atoms. The van der Waals surface area contributed by atoms with Gasteiger partial charge < -0.3 is 20.3 Å². The van der Waals surface area contributed by atoms with Crippen molar-refractivity contribution in [2.75, 3.05) is 13.3 Å². The van der Waals surface area contributed by atoms with E-state index >= 15 is 0 Å². The molecular formula is C28H39N5O4. The van der Waals surface area contributed by atoms with Gasteiger partial charge in [-0.2, -0.15) is 5.10 Å². The van der Waals surface area contributed by atoms with Crippen molar-refractivity contribution in [3.8, 4) is 5.75 Å². The maximum Gasteiger partial charge on any atom is 0.338 e. The zero-order chi connectivity index (χ0) is 26.4. The number of esters is 1. The molecule has 3 aliphatic rings. The molecule has 4 rings (SSSR count). The lowest BCUT2D eigenvalue weighted by Gasteiger charge is -2.42. The first kappa shape index (κ1) is 26.7. The Morgan fingerprint density at radius 3 is 2.81 bits per heavy atom. The number of aliphatic hydroxyl groups excluding tert-OH is 1. The lowest BCUT2D eigenvalue weighted by Crippen LogP contribution is -2.46. The third kappa shape index (κ3) is 6.32. The minimum Gasteiger partial charge on any atom is -0.512 e. The lowest BCUT2D eigenvalue weighted by molar-refractivity contribution is -0.167. The standard InChI is InChI=1S/C28H39N5O4/c1-4-22-12-20(25(16-31-22)36-5-2)10-11-28(21-8-6-7-9-21)14-24(34)23(27(35)37-28)13-26(29)32-33-17-19(3)15-30-18-33/h12,15-17,21,34H,4-11,13-14,18H2,1-3H3,(H2,29,32). The van der Waals surface area contributed by atoms with Crippen molar-refractivity contribution in [3.63, 3.8) is 0 Å². The Bertz CT molecular complexity index is 1120. The lowest BCUT2D eigenvalue weighted by atomic mass is 9.76. The van der Waals surface area contributed by atoms with Crippen LogP contribution >= 0.6 is 0 Å². The summed E-state index contributed by atoms with van der Waals surface area (Å²) < 4.78 is 12.1. The molecule has 1 unspecified atom stereocenters. The predicted molar refractivity (Wildman–Crippen MR) is 143 cm³/mol. The molecule has 1 aliphatic carbocycles. The molecule has 1 aromatic rings. The van der Waals surface area contributed by atoms with Gasteiger partial charge in [0.1, 0.15) is 29.6 Å². The van der Waals surface area contributed by atoms with Gasteiger partial charge in [-0.3, -0.25) is 9.98 Å². The topological polar surface area (TPSA) is 123 Å². The van der Waals surface area contributed by atoms with E-state index in [1.165, 1.54) is 0 Å². The summed E-state index contributed by atoms with van der Waals surface area (Å²) in [5.74, 6) is 0.732. The molecule has 0 amide bonds. The molecule has 0 aromatic carbocycles. The number of aliphatic hydroxyl groups is 1. The first-order valence-corrected chi connectivity index (χ1v) is 13.4. The Hall–Kier alpha value is -3.36. The number of rotatable bonds is 10. The number of carbonyl (C=O) groups is 1. The van der Waals surface area contributed by atoms with Crippen molar-refractivity contribution in [1.29, 1.82) is 0 Å². The predicted octanol–water partition coefficient (Wildman–Crippen LogP) is 4.57. The van der Waals surface area contributed by atoms with Crippen LogP contribution in [0.2, 0.25) is 0 Å². The molecular weight excluding hydrogens is 470 g/mol. The first-order valence-electron chi connectivity index (χ1n) is 13.4. The Labute approximate surface area is 219 Å². The summed E-state index contributed by atoms with van der Waals surface area (Å²) in [6.45, 7) is 6.86. The first-order chi connectivity index (χ1) is 17.8. The van der Waals surface area contributed by atoms with Gasteiger partial charge in [0.15, 0.2) is 0 Å². The summed E-state index contributed by atoms with van der Waals surface area (Å²) in [7, 11) is 0. The summed E-state index contributed by atoms with van der Waals surface area (Å²) in [6, 6.07) is 2.08. The summed E-state index contributed by atoms with van der Waals surface area (Å²) in [4.78, 5) is 22.0. The Morgan fingerprint density at radius 2 is 2.14 bits per heavy atom. The number of ether oxygens (including phenoxy) is 2. The number of nitrogens with two attached hydrogens (primary N) is 1. The average molecular weight is 510 g/mol. The van der Waals surface area contributed by atoms with E-state index in [2.05, 4.69) is 28.1 Å². The summed E-state index contributed by atoms with van der Waals surface area (Å²) in [5.41, 5.74) is 8.59. The molecule has 1 aromatic heterocycles. The SMILES string of the molecule is CCOc1cnc(CC)cc1CCC1(C2CCCC2)CC(O)=C(C/C(N)=N/N2C=C(C)C=NC2)C(=O)O1. The van der Waals surface area contributed by atoms with E-state index in [9.17, 15) is 9.90 Å². The zero-order valence-corrected chi connectivity index (χ0v) is 22.2. The molecule has 9 nitrogen and oxygen atoms in total. The molecule has 3 heterocycles. The minimum atomic E-state index is -0.756. The second-order valence-corrected chi connectivity index (χ2v) is 10.1. The van der Waals surface area contributed by atoms with Gasteiger partial charge in [-0.25, -0.2) is 9.80 Å². The van der Waals surface area contributed by atoms with Gasteiger partial charge in [-0.1, -0.05) is 19.8 Å². The molecule has 37 heavy (non-hydrogen) atoms. The summed E-state index contributed by atoms with van der Waals surface area (Å²) >= 11 is 0. The van der Waals surface area contributed by atoms with Crippen molar-refractivity contribution in [3.05, 3.63) is 46.6 Å². The maximum absolute atomic E-state index is 13.3. The number of pyridine rings is 1. The van der Waals surface area contributed by atoms with Crippen molar-refractivity contribution in [1.82, 2.24) is 9.99 Å². The van der Waals surface area contributed by atoms with Crippen LogP contribution in [0.15, 0.2) is 45.5 Å². The summed E-state index contributed by atoms with van der Waals surface area (Å²) in [6.07, 6.45) is 12.0. The van der Waals surface area contributed by atoms with Gasteiger partial charge in [0, 0.05) is 31.0 Å². The molecule has 1 fully saturated rings. The Balaban J connectivity index is 1.55. The van der Waals surface area contributed by atoms with E-state index < -0.39 is 11.6 Å². The van der Waals surface area contributed by atoms with Crippen LogP contribution in [0.3, 0.4) is 0 Å². The van der Waals surface area contributed by atoms with Gasteiger partial charge in [-0.15, -0.1) is 0 Å². The number of hydrogen-bond donors (Lipinski definition) is 2. The number of allylic oxidation sites excluding steroid dienone is 1. The molecule has 200 valence electrons. The van der Waals surface area contributed by atoms with Gasteiger partial charge in [-0.05, 0) is 69.1 Å². The molecule has 0 spiro atoms. The van der Waals surface area contributed by atoms with Crippen molar-refractivity contribution >= 4 is 18.0 Å². The van der Waals surface area contributed by atoms with E-state index in [0.29, 0.717) is 26.1 Å². The Morgan fingerprint density at radius 1 is 1.35 bits per heavy atom. The van der Waals surface area contributed by atoms with Crippen LogP contribution in [0.1, 0.15) is 77.0 Å². The van der Waals surface area contributed by atoms with E-state index in [1.807, 2.05) is 20.0 Å². The zero-order valence-electron chi connectivity index (χ0n) is 22.2. The third-order valence-electron chi connectivity index (χ3n) is 7.43. The van der Waals surface area contributed by atoms with Crippen LogP contribution in [0.5, 0.6) is 5.75 Å². The quantitative estimate of drug-likeness (QED) is 0.269. The monoisotopic (exact) mass is 509 g/mol. The molecule has 2 aliphatic heterocycles. The van der Waals surface area contributed by atoms with Crippen LogP contribution in [0, 0.1) is 5.92 Å². The van der Waals surface area contributed by atoms with E-state index in [-0.39, 0.29) is 35.9 Å². The molecule has 0 radical (unpaired) electrons. The fraction of sp³-hybridized carbons (Fsp3) is 0.571. The highest BCUT2D eigenvalue weighted by atomic mass is 16.6. The van der Waals surface area contributed by atoms with Gasteiger partial charge >= 0.3 is 5.97 Å². The smallest absolute Gasteiger partial charge is 0.338 e.